The maximum Gasteiger partial charge on any atom is 0.342 e. The monoisotopic (exact) mass is 363 g/mol. The Bertz CT molecular complexity index is 727. The highest BCUT2D eigenvalue weighted by atomic mass is 19.1. The summed E-state index contributed by atoms with van der Waals surface area (Å²) in [6.07, 6.45) is 5.69. The first-order valence-electron chi connectivity index (χ1n) is 8.47. The Morgan fingerprint density at radius 2 is 2.04 bits per heavy atom. The average molecular weight is 363 g/mol. The van der Waals surface area contributed by atoms with E-state index in [9.17, 15) is 19.1 Å². The smallest absolute Gasteiger partial charge is 0.342 e. The lowest BCUT2D eigenvalue weighted by Crippen LogP contribution is -2.11. The van der Waals surface area contributed by atoms with Gasteiger partial charge in [-0.25, -0.2) is 9.18 Å². The molecular weight excluding hydrogens is 341 g/mol. The highest BCUT2D eigenvalue weighted by molar-refractivity contribution is 5.97. The van der Waals surface area contributed by atoms with Gasteiger partial charge in [0.1, 0.15) is 11.3 Å². The first-order chi connectivity index (χ1) is 12.5. The van der Waals surface area contributed by atoms with Gasteiger partial charge in [0.2, 0.25) is 0 Å². The van der Waals surface area contributed by atoms with Gasteiger partial charge in [-0.3, -0.25) is 4.79 Å². The molecule has 7 heteroatoms. The number of aliphatic hydroxyl groups is 1. The Balaban J connectivity index is 2.31. The zero-order valence-corrected chi connectivity index (χ0v) is 14.3. The number of carbonyl (C=O) groups is 2. The predicted octanol–water partition coefficient (Wildman–Crippen LogP) is 2.96. The summed E-state index contributed by atoms with van der Waals surface area (Å²) in [5.74, 6) is -2.35. The minimum atomic E-state index is -0.815. The van der Waals surface area contributed by atoms with Gasteiger partial charge in [0.25, 0.3) is 0 Å². The van der Waals surface area contributed by atoms with Crippen molar-refractivity contribution < 1.29 is 28.9 Å². The Morgan fingerprint density at radius 3 is 2.81 bits per heavy atom. The number of anilines is 1. The molecule has 0 saturated heterocycles. The first-order valence-corrected chi connectivity index (χ1v) is 8.47. The van der Waals surface area contributed by atoms with Crippen LogP contribution in [0.25, 0.3) is 6.08 Å². The molecule has 2 rings (SSSR count). The molecule has 0 unspecified atom stereocenters. The summed E-state index contributed by atoms with van der Waals surface area (Å²) in [7, 11) is 0. The van der Waals surface area contributed by atoms with Gasteiger partial charge in [-0.1, -0.05) is 12.2 Å². The summed E-state index contributed by atoms with van der Waals surface area (Å²) in [4.78, 5) is 23.9. The average Bonchev–Trinajstić information content (AvgIpc) is 2.61. The summed E-state index contributed by atoms with van der Waals surface area (Å²) in [5.41, 5.74) is 1.03. The molecule has 3 N–H and O–H groups in total. The number of hydrogen-bond acceptors (Lipinski definition) is 6. The van der Waals surface area contributed by atoms with Crippen LogP contribution in [0.1, 0.15) is 41.6 Å². The van der Waals surface area contributed by atoms with E-state index in [0.29, 0.717) is 30.6 Å². The molecular formula is C19H22FNO5. The molecule has 0 aromatic heterocycles. The minimum Gasteiger partial charge on any atom is -0.507 e. The van der Waals surface area contributed by atoms with Crippen LogP contribution in [0.4, 0.5) is 10.1 Å². The van der Waals surface area contributed by atoms with Gasteiger partial charge in [-0.15, -0.1) is 0 Å². The topological polar surface area (TPSA) is 95.9 Å². The maximum atomic E-state index is 13.6. The van der Waals surface area contributed by atoms with Crippen molar-refractivity contribution in [1.82, 2.24) is 0 Å². The predicted molar refractivity (Wildman–Crippen MR) is 95.7 cm³/mol. The van der Waals surface area contributed by atoms with Crippen molar-refractivity contribution in [3.8, 4) is 5.75 Å². The molecule has 1 aromatic rings. The number of phenols is 1. The lowest BCUT2D eigenvalue weighted by Gasteiger charge is -2.13. The van der Waals surface area contributed by atoms with Crippen LogP contribution in [-0.2, 0) is 9.53 Å². The van der Waals surface area contributed by atoms with Crippen LogP contribution >= 0.6 is 0 Å². The summed E-state index contributed by atoms with van der Waals surface area (Å²) in [6, 6.07) is 3.05. The van der Waals surface area contributed by atoms with Crippen molar-refractivity contribution in [2.75, 3.05) is 25.1 Å². The molecule has 6 nitrogen and oxygen atoms in total. The second-order valence-electron chi connectivity index (χ2n) is 5.80. The van der Waals surface area contributed by atoms with E-state index in [1.165, 1.54) is 6.07 Å². The van der Waals surface area contributed by atoms with Crippen molar-refractivity contribution >= 4 is 23.5 Å². The van der Waals surface area contributed by atoms with Crippen LogP contribution < -0.4 is 5.32 Å². The van der Waals surface area contributed by atoms with E-state index in [4.69, 9.17) is 9.84 Å². The number of ketones is 1. The molecule has 0 atom stereocenters. The molecule has 0 spiro atoms. The first kappa shape index (κ1) is 19.7. The SMILES string of the molecule is O=C1CCC/C=C/c2cc(NCCO)cc(O)c2C(=O)OCC/C=C\1F. The van der Waals surface area contributed by atoms with Gasteiger partial charge in [0.05, 0.1) is 13.2 Å². The number of benzene rings is 1. The van der Waals surface area contributed by atoms with Crippen LogP contribution in [0, 0.1) is 0 Å². The van der Waals surface area contributed by atoms with Crippen molar-refractivity contribution in [2.45, 2.75) is 25.7 Å². The number of cyclic esters (lactones) is 1. The van der Waals surface area contributed by atoms with Crippen LogP contribution in [0.15, 0.2) is 30.1 Å². The number of fused-ring (bicyclic) bond motifs is 1. The number of allylic oxidation sites excluding steroid dienone is 2. The highest BCUT2D eigenvalue weighted by Crippen LogP contribution is 2.29. The molecule has 0 bridgehead atoms. The summed E-state index contributed by atoms with van der Waals surface area (Å²) in [6.45, 7) is 0.118. The number of aliphatic hydroxyl groups excluding tert-OH is 1. The van der Waals surface area contributed by atoms with Gasteiger partial charge in [-0.2, -0.15) is 0 Å². The molecule has 1 aliphatic rings. The van der Waals surface area contributed by atoms with Crippen LogP contribution in [0.3, 0.4) is 0 Å². The zero-order chi connectivity index (χ0) is 18.9. The second-order valence-corrected chi connectivity index (χ2v) is 5.80. The fourth-order valence-electron chi connectivity index (χ4n) is 2.54. The number of Topliss-reactive ketones (excluding diaryl/α,β-unsaturated/α-hetero) is 1. The van der Waals surface area contributed by atoms with E-state index in [0.717, 1.165) is 6.08 Å². The molecule has 0 saturated carbocycles. The van der Waals surface area contributed by atoms with E-state index in [1.54, 1.807) is 18.2 Å². The number of nitrogens with one attached hydrogen (secondary N) is 1. The van der Waals surface area contributed by atoms with E-state index in [1.807, 2.05) is 0 Å². The van der Waals surface area contributed by atoms with Crippen LogP contribution in [0.5, 0.6) is 5.75 Å². The Hall–Kier alpha value is -2.67. The molecule has 1 aromatic carbocycles. The number of esters is 1. The van der Waals surface area contributed by atoms with Crippen molar-refractivity contribution in [1.29, 1.82) is 0 Å². The fourth-order valence-corrected chi connectivity index (χ4v) is 2.54. The largest absolute Gasteiger partial charge is 0.507 e. The van der Waals surface area contributed by atoms with Crippen molar-refractivity contribution in [3.63, 3.8) is 0 Å². The minimum absolute atomic E-state index is 0.0217. The standard InChI is InChI=1S/C19H22FNO5/c20-15-6-4-10-26-19(25)18-13(5-2-1-3-7-16(15)23)11-14(12-17(18)24)21-8-9-22/h2,5-6,11-12,21-22,24H,1,3-4,7-10H2/b5-2+,15-6+. The molecule has 0 fully saturated rings. The van der Waals surface area contributed by atoms with Gasteiger partial charge >= 0.3 is 5.97 Å². The van der Waals surface area contributed by atoms with Crippen LogP contribution in [-0.4, -0.2) is 41.7 Å². The summed E-state index contributed by atoms with van der Waals surface area (Å²) >= 11 is 0. The van der Waals surface area contributed by atoms with E-state index in [-0.39, 0.29) is 37.4 Å². The quantitative estimate of drug-likeness (QED) is 0.715. The van der Waals surface area contributed by atoms with E-state index >= 15 is 0 Å². The second kappa shape index (κ2) is 9.72. The Morgan fingerprint density at radius 1 is 1.23 bits per heavy atom. The number of hydrogen-bond donors (Lipinski definition) is 3. The van der Waals surface area contributed by atoms with Crippen molar-refractivity contribution in [3.05, 3.63) is 41.2 Å². The number of phenolic OH excluding ortho intramolecular Hbond substituents is 1. The molecule has 1 aliphatic heterocycles. The number of carbonyl (C=O) groups excluding carboxylic acids is 2. The maximum absolute atomic E-state index is 13.6. The third-order valence-corrected chi connectivity index (χ3v) is 3.81. The summed E-state index contributed by atoms with van der Waals surface area (Å²) in [5, 5.41) is 22.1. The normalized spacial score (nSPS) is 19.5. The molecule has 26 heavy (non-hydrogen) atoms. The lowest BCUT2D eigenvalue weighted by molar-refractivity contribution is -0.117. The van der Waals surface area contributed by atoms with Crippen molar-refractivity contribution in [2.24, 2.45) is 0 Å². The summed E-state index contributed by atoms with van der Waals surface area (Å²) < 4.78 is 18.7. The Labute approximate surface area is 151 Å². The molecule has 0 aliphatic carbocycles. The number of ether oxygens (including phenoxy) is 1. The van der Waals surface area contributed by atoms with Gasteiger partial charge in [-0.05, 0) is 30.5 Å². The number of rotatable bonds is 3. The van der Waals surface area contributed by atoms with Crippen LogP contribution in [0.2, 0.25) is 0 Å². The zero-order valence-electron chi connectivity index (χ0n) is 14.3. The van der Waals surface area contributed by atoms with Gasteiger partial charge in [0, 0.05) is 31.1 Å². The fraction of sp³-hybridized carbons (Fsp3) is 0.368. The Kier molecular flexibility index (Phi) is 7.35. The third-order valence-electron chi connectivity index (χ3n) is 3.81. The van der Waals surface area contributed by atoms with E-state index < -0.39 is 17.6 Å². The van der Waals surface area contributed by atoms with E-state index in [2.05, 4.69) is 5.32 Å². The molecule has 0 radical (unpaired) electrons. The molecule has 140 valence electrons. The number of halogens is 1. The van der Waals surface area contributed by atoms with Gasteiger partial charge < -0.3 is 20.3 Å². The molecule has 0 amide bonds. The highest BCUT2D eigenvalue weighted by Gasteiger charge is 2.18. The number of aromatic hydroxyl groups is 1. The molecule has 1 heterocycles. The third kappa shape index (κ3) is 5.42. The van der Waals surface area contributed by atoms with Gasteiger partial charge in [0.15, 0.2) is 11.6 Å². The lowest BCUT2D eigenvalue weighted by atomic mass is 10.0.